The number of fused-ring (bicyclic) bond motifs is 1. The molecule has 0 aliphatic carbocycles. The molecule has 0 spiro atoms. The van der Waals surface area contributed by atoms with Crippen LogP contribution in [0.3, 0.4) is 0 Å². The van der Waals surface area contributed by atoms with Crippen LogP contribution in [0, 0.1) is 6.92 Å². The molecule has 0 radical (unpaired) electrons. The summed E-state index contributed by atoms with van der Waals surface area (Å²) < 4.78 is 8.39. The summed E-state index contributed by atoms with van der Waals surface area (Å²) in [5, 5.41) is 13.9. The highest BCUT2D eigenvalue weighted by Gasteiger charge is 2.22. The number of nitrogens with zero attached hydrogens (tertiary/aromatic N) is 6. The van der Waals surface area contributed by atoms with Crippen LogP contribution in [0.25, 0.3) is 16.7 Å². The van der Waals surface area contributed by atoms with E-state index in [0.29, 0.717) is 64.8 Å². The van der Waals surface area contributed by atoms with Crippen LogP contribution in [-0.2, 0) is 16.1 Å². The molecule has 11 nitrogen and oxygen atoms in total. The summed E-state index contributed by atoms with van der Waals surface area (Å²) >= 11 is 6.12. The molecule has 0 fully saturated rings. The van der Waals surface area contributed by atoms with Crippen molar-refractivity contribution in [1.82, 2.24) is 24.5 Å². The van der Waals surface area contributed by atoms with Crippen LogP contribution >= 0.6 is 11.6 Å². The Kier molecular flexibility index (Phi) is 8.72. The Bertz CT molecular complexity index is 1510. The smallest absolute Gasteiger partial charge is 0.250 e. The van der Waals surface area contributed by atoms with Gasteiger partial charge in [-0.3, -0.25) is 19.3 Å². The third-order valence-corrected chi connectivity index (χ3v) is 6.60. The molecule has 0 unspecified atom stereocenters. The van der Waals surface area contributed by atoms with Crippen molar-refractivity contribution in [2.24, 2.45) is 5.73 Å². The number of hydrogen-bond acceptors (Lipinski definition) is 7. The summed E-state index contributed by atoms with van der Waals surface area (Å²) in [5.41, 5.74) is 7.72. The normalized spacial score (nSPS) is 11.2. The summed E-state index contributed by atoms with van der Waals surface area (Å²) in [6.45, 7) is 4.48. The zero-order chi connectivity index (χ0) is 28.1. The minimum absolute atomic E-state index is 0.0278. The van der Waals surface area contributed by atoms with Crippen molar-refractivity contribution >= 4 is 45.9 Å². The third kappa shape index (κ3) is 5.99. The first-order valence-corrected chi connectivity index (χ1v) is 12.9. The molecule has 3 heterocycles. The number of hydrogen-bond donors (Lipinski definition) is 1. The first kappa shape index (κ1) is 27.9. The highest BCUT2D eigenvalue weighted by Crippen LogP contribution is 2.25. The van der Waals surface area contributed by atoms with Gasteiger partial charge in [-0.2, -0.15) is 5.10 Å². The lowest BCUT2D eigenvalue weighted by molar-refractivity contribution is -0.119. The van der Waals surface area contributed by atoms with Gasteiger partial charge in [0.15, 0.2) is 17.4 Å². The van der Waals surface area contributed by atoms with Crippen LogP contribution in [0.4, 0.5) is 5.82 Å². The fourth-order valence-corrected chi connectivity index (χ4v) is 4.58. The number of carbonyl (C=O) groups excluding carboxylic acids is 3. The number of Topliss-reactive ketones (excluding diaryl/α,β-unsaturated/α-hetero) is 1. The number of nitrogens with two attached hydrogens (primary N) is 1. The average molecular weight is 552 g/mol. The van der Waals surface area contributed by atoms with E-state index in [2.05, 4.69) is 15.3 Å². The van der Waals surface area contributed by atoms with E-state index in [1.807, 2.05) is 6.92 Å². The Labute approximate surface area is 230 Å². The predicted octanol–water partition coefficient (Wildman–Crippen LogP) is 3.73. The molecule has 39 heavy (non-hydrogen) atoms. The number of amides is 2. The molecular formula is C27H30ClN7O4. The van der Waals surface area contributed by atoms with Gasteiger partial charge < -0.3 is 15.0 Å². The van der Waals surface area contributed by atoms with Crippen molar-refractivity contribution in [3.8, 4) is 5.82 Å². The minimum atomic E-state index is -0.611. The largest absolute Gasteiger partial charge is 0.385 e. The van der Waals surface area contributed by atoms with Crippen LogP contribution in [0.5, 0.6) is 0 Å². The van der Waals surface area contributed by atoms with Gasteiger partial charge in [-0.1, -0.05) is 18.5 Å². The van der Waals surface area contributed by atoms with Crippen molar-refractivity contribution in [2.75, 3.05) is 25.2 Å². The molecule has 3 aromatic heterocycles. The average Bonchev–Trinajstić information content (AvgIpc) is 3.47. The van der Waals surface area contributed by atoms with E-state index >= 15 is 0 Å². The predicted molar refractivity (Wildman–Crippen MR) is 147 cm³/mol. The highest BCUT2D eigenvalue weighted by atomic mass is 35.5. The van der Waals surface area contributed by atoms with Crippen molar-refractivity contribution in [3.05, 3.63) is 64.6 Å². The fourth-order valence-electron chi connectivity index (χ4n) is 4.41. The topological polar surface area (TPSA) is 138 Å². The van der Waals surface area contributed by atoms with Gasteiger partial charge >= 0.3 is 0 Å². The van der Waals surface area contributed by atoms with E-state index in [4.69, 9.17) is 22.1 Å². The number of primary amides is 1. The van der Waals surface area contributed by atoms with Crippen LogP contribution in [0.2, 0.25) is 5.02 Å². The first-order valence-electron chi connectivity index (χ1n) is 12.5. The molecule has 0 aliphatic heterocycles. The van der Waals surface area contributed by atoms with Gasteiger partial charge in [-0.25, -0.2) is 4.68 Å². The number of anilines is 1. The van der Waals surface area contributed by atoms with Gasteiger partial charge in [0.05, 0.1) is 23.0 Å². The SMILES string of the molecule is CCCC(=O)c1cnn(-c2ccc(N(CCCOC)C(=O)Cn3cc(C(N)=O)c4cc(Cl)ccc43)nn2)c1C. The zero-order valence-electron chi connectivity index (χ0n) is 22.1. The number of benzene rings is 1. The summed E-state index contributed by atoms with van der Waals surface area (Å²) in [5.74, 6) is -0.0730. The van der Waals surface area contributed by atoms with E-state index in [-0.39, 0.29) is 23.8 Å². The lowest BCUT2D eigenvalue weighted by Gasteiger charge is -2.22. The van der Waals surface area contributed by atoms with E-state index in [1.54, 1.807) is 66.0 Å². The Hall–Kier alpha value is -4.09. The van der Waals surface area contributed by atoms with Crippen molar-refractivity contribution in [2.45, 2.75) is 39.7 Å². The molecular weight excluding hydrogens is 522 g/mol. The van der Waals surface area contributed by atoms with Gasteiger partial charge in [0.25, 0.3) is 5.91 Å². The second kappa shape index (κ2) is 12.2. The maximum absolute atomic E-state index is 13.5. The second-order valence-electron chi connectivity index (χ2n) is 9.07. The quantitative estimate of drug-likeness (QED) is 0.209. The molecule has 0 saturated heterocycles. The van der Waals surface area contributed by atoms with Crippen LogP contribution in [0.15, 0.2) is 42.7 Å². The molecule has 1 aromatic carbocycles. The van der Waals surface area contributed by atoms with Crippen LogP contribution in [-0.4, -0.2) is 62.4 Å². The zero-order valence-corrected chi connectivity index (χ0v) is 22.8. The molecule has 204 valence electrons. The van der Waals surface area contributed by atoms with Crippen LogP contribution < -0.4 is 10.6 Å². The maximum Gasteiger partial charge on any atom is 0.250 e. The van der Waals surface area contributed by atoms with Gasteiger partial charge in [-0.15, -0.1) is 10.2 Å². The number of halogens is 1. The van der Waals surface area contributed by atoms with E-state index in [0.717, 1.165) is 6.42 Å². The molecule has 0 bridgehead atoms. The monoisotopic (exact) mass is 551 g/mol. The van der Waals surface area contributed by atoms with E-state index in [1.165, 1.54) is 4.90 Å². The van der Waals surface area contributed by atoms with Crippen molar-refractivity contribution < 1.29 is 19.1 Å². The van der Waals surface area contributed by atoms with Crippen molar-refractivity contribution in [1.29, 1.82) is 0 Å². The summed E-state index contributed by atoms with van der Waals surface area (Å²) in [4.78, 5) is 39.4. The summed E-state index contributed by atoms with van der Waals surface area (Å²) in [7, 11) is 1.59. The van der Waals surface area contributed by atoms with Gasteiger partial charge in [0, 0.05) is 48.8 Å². The molecule has 0 aliphatic rings. The Morgan fingerprint density at radius 1 is 1.13 bits per heavy atom. The first-order chi connectivity index (χ1) is 18.7. The van der Waals surface area contributed by atoms with Gasteiger partial charge in [0.2, 0.25) is 5.91 Å². The second-order valence-corrected chi connectivity index (χ2v) is 9.50. The van der Waals surface area contributed by atoms with E-state index in [9.17, 15) is 14.4 Å². The summed E-state index contributed by atoms with van der Waals surface area (Å²) in [6.07, 6.45) is 4.86. The maximum atomic E-state index is 13.5. The lowest BCUT2D eigenvalue weighted by Crippen LogP contribution is -2.36. The molecule has 2 amide bonds. The Morgan fingerprint density at radius 2 is 1.92 bits per heavy atom. The highest BCUT2D eigenvalue weighted by molar-refractivity contribution is 6.31. The molecule has 4 rings (SSSR count). The fraction of sp³-hybridized carbons (Fsp3) is 0.333. The molecule has 2 N–H and O–H groups in total. The Balaban J connectivity index is 1.62. The summed E-state index contributed by atoms with van der Waals surface area (Å²) in [6, 6.07) is 8.47. The number of methoxy groups -OCH3 is 1. The van der Waals surface area contributed by atoms with Crippen molar-refractivity contribution in [3.63, 3.8) is 0 Å². The van der Waals surface area contributed by atoms with E-state index < -0.39 is 5.91 Å². The number of rotatable bonds is 12. The molecule has 0 saturated carbocycles. The lowest BCUT2D eigenvalue weighted by atomic mass is 10.1. The number of aromatic nitrogens is 5. The third-order valence-electron chi connectivity index (χ3n) is 6.36. The number of carbonyl (C=O) groups is 3. The molecule has 0 atom stereocenters. The van der Waals surface area contributed by atoms with Gasteiger partial charge in [-0.05, 0) is 50.1 Å². The standard InChI is InChI=1S/C27H30ClN7O4/c1-4-6-23(36)20-14-30-35(17(20)2)25-10-9-24(31-32-25)34(11-5-12-39-3)26(37)16-33-15-21(27(29)38)19-13-18(28)7-8-22(19)33/h7-10,13-15H,4-6,11-12,16H2,1-3H3,(H2,29,38). The minimum Gasteiger partial charge on any atom is -0.385 e. The molecule has 4 aromatic rings. The van der Waals surface area contributed by atoms with Crippen LogP contribution in [0.1, 0.15) is 52.6 Å². The number of ketones is 1. The molecule has 12 heteroatoms. The Morgan fingerprint density at radius 3 is 2.59 bits per heavy atom. The number of ether oxygens (including phenoxy) is 1. The van der Waals surface area contributed by atoms with Gasteiger partial charge in [0.1, 0.15) is 6.54 Å².